The van der Waals surface area contributed by atoms with Gasteiger partial charge in [-0.15, -0.1) is 11.3 Å². The third-order valence-corrected chi connectivity index (χ3v) is 6.93. The number of halogens is 3. The van der Waals surface area contributed by atoms with E-state index in [0.29, 0.717) is 0 Å². The molecule has 0 spiro atoms. The predicted octanol–water partition coefficient (Wildman–Crippen LogP) is 4.96. The molecule has 3 aromatic rings. The number of nitrogens with zero attached hydrogens (tertiary/aromatic N) is 3. The van der Waals surface area contributed by atoms with Crippen molar-refractivity contribution in [1.29, 1.82) is 5.26 Å². The average Bonchev–Trinajstić information content (AvgIpc) is 2.97. The quantitative estimate of drug-likeness (QED) is 0.575. The van der Waals surface area contributed by atoms with E-state index in [1.165, 1.54) is 36.7 Å². The van der Waals surface area contributed by atoms with Crippen LogP contribution in [0.5, 0.6) is 11.6 Å². The largest absolute Gasteiger partial charge is 0.435 e. The predicted molar refractivity (Wildman–Crippen MR) is 103 cm³/mol. The number of nitriles is 1. The van der Waals surface area contributed by atoms with Crippen LogP contribution in [-0.4, -0.2) is 18.4 Å². The summed E-state index contributed by atoms with van der Waals surface area (Å²) in [5, 5.41) is 9.10. The van der Waals surface area contributed by atoms with Gasteiger partial charge >= 0.3 is 0 Å². The molecule has 0 atom stereocenters. The van der Waals surface area contributed by atoms with Crippen molar-refractivity contribution in [3.8, 4) is 17.7 Å². The zero-order valence-corrected chi connectivity index (χ0v) is 16.9. The van der Waals surface area contributed by atoms with Crippen molar-refractivity contribution in [3.63, 3.8) is 0 Å². The van der Waals surface area contributed by atoms with E-state index in [1.54, 1.807) is 0 Å². The second-order valence-corrected chi connectivity index (χ2v) is 9.30. The Morgan fingerprint density at radius 2 is 1.93 bits per heavy atom. The maximum atomic E-state index is 12.6. The molecule has 0 amide bonds. The first-order valence-corrected chi connectivity index (χ1v) is 10.4. The third-order valence-electron chi connectivity index (χ3n) is 3.01. The molecule has 3 rings (SSSR count). The summed E-state index contributed by atoms with van der Waals surface area (Å²) in [5.41, 5.74) is 0.214. The van der Waals surface area contributed by atoms with Gasteiger partial charge in [0.15, 0.2) is 0 Å². The number of hydrogen-bond donors (Lipinski definition) is 1. The van der Waals surface area contributed by atoms with E-state index in [4.69, 9.17) is 44.8 Å². The van der Waals surface area contributed by atoms with Crippen LogP contribution in [0.1, 0.15) is 5.69 Å². The molecule has 1 N–H and O–H groups in total. The number of anilines is 1. The van der Waals surface area contributed by atoms with Crippen LogP contribution >= 0.6 is 46.1 Å². The lowest BCUT2D eigenvalue weighted by molar-refractivity contribution is 0.463. The van der Waals surface area contributed by atoms with Gasteiger partial charge in [0.2, 0.25) is 5.88 Å². The Hall–Kier alpha value is -2.09. The highest BCUT2D eigenvalue weighted by Crippen LogP contribution is 2.36. The van der Waals surface area contributed by atoms with Crippen LogP contribution in [0.4, 0.5) is 5.69 Å². The summed E-state index contributed by atoms with van der Waals surface area (Å²) >= 11 is 18.4. The fourth-order valence-electron chi connectivity index (χ4n) is 1.85. The highest BCUT2D eigenvalue weighted by atomic mass is 35.5. The molecular weight excluding hydrogens is 455 g/mol. The Morgan fingerprint density at radius 3 is 2.52 bits per heavy atom. The van der Waals surface area contributed by atoms with E-state index in [9.17, 15) is 8.42 Å². The average molecular weight is 462 g/mol. The highest BCUT2D eigenvalue weighted by molar-refractivity contribution is 7.94. The molecule has 0 aliphatic carbocycles. The minimum Gasteiger partial charge on any atom is -0.435 e. The van der Waals surface area contributed by atoms with Gasteiger partial charge in [-0.1, -0.05) is 34.8 Å². The maximum absolute atomic E-state index is 12.6. The van der Waals surface area contributed by atoms with Crippen LogP contribution in [0, 0.1) is 11.3 Å². The van der Waals surface area contributed by atoms with Crippen molar-refractivity contribution in [1.82, 2.24) is 9.97 Å². The fourth-order valence-corrected chi connectivity index (χ4v) is 4.94. The molecule has 27 heavy (non-hydrogen) atoms. The van der Waals surface area contributed by atoms with Gasteiger partial charge in [-0.2, -0.15) is 5.26 Å². The molecule has 138 valence electrons. The normalized spacial score (nSPS) is 11.0. The lowest BCUT2D eigenvalue weighted by Crippen LogP contribution is -2.12. The van der Waals surface area contributed by atoms with Crippen molar-refractivity contribution in [3.05, 3.63) is 56.7 Å². The van der Waals surface area contributed by atoms with Gasteiger partial charge in [-0.05, 0) is 24.3 Å². The lowest BCUT2D eigenvalue weighted by atomic mass is 10.3. The minimum atomic E-state index is -3.99. The van der Waals surface area contributed by atoms with E-state index in [0.717, 1.165) is 11.3 Å². The van der Waals surface area contributed by atoms with Gasteiger partial charge < -0.3 is 4.74 Å². The van der Waals surface area contributed by atoms with Crippen molar-refractivity contribution in [2.75, 3.05) is 4.72 Å². The molecule has 12 heteroatoms. The Kier molecular flexibility index (Phi) is 5.74. The summed E-state index contributed by atoms with van der Waals surface area (Å²) in [7, 11) is -3.99. The zero-order chi connectivity index (χ0) is 19.6. The van der Waals surface area contributed by atoms with E-state index >= 15 is 0 Å². The smallest absolute Gasteiger partial charge is 0.271 e. The van der Waals surface area contributed by atoms with Gasteiger partial charge in [0, 0.05) is 6.20 Å². The topological polar surface area (TPSA) is 105 Å². The standard InChI is InChI=1S/C15H7Cl3N4O3S2/c16-8-3-12(22-27(23,24)13-4-11(17)14(18)26-13)15(21-6-8)25-10-2-1-9(5-19)20-7-10/h1-4,6-7,22H. The number of aromatic nitrogens is 2. The number of thiophene rings is 1. The molecular formula is C15H7Cl3N4O3S2. The van der Waals surface area contributed by atoms with Crippen molar-refractivity contribution >= 4 is 61.9 Å². The molecule has 0 unspecified atom stereocenters. The molecule has 0 saturated carbocycles. The van der Waals surface area contributed by atoms with Crippen LogP contribution in [0.2, 0.25) is 14.4 Å². The van der Waals surface area contributed by atoms with Crippen LogP contribution in [0.3, 0.4) is 0 Å². The molecule has 0 bridgehead atoms. The summed E-state index contributed by atoms with van der Waals surface area (Å²) < 4.78 is 33.1. The summed E-state index contributed by atoms with van der Waals surface area (Å²) in [6, 6.07) is 7.41. The number of hydrogen-bond acceptors (Lipinski definition) is 7. The van der Waals surface area contributed by atoms with Gasteiger partial charge in [0.05, 0.1) is 16.2 Å². The zero-order valence-electron chi connectivity index (χ0n) is 13.0. The lowest BCUT2D eigenvalue weighted by Gasteiger charge is -2.12. The van der Waals surface area contributed by atoms with E-state index in [-0.39, 0.29) is 41.6 Å². The number of ether oxygens (including phenoxy) is 1. The van der Waals surface area contributed by atoms with Crippen molar-refractivity contribution in [2.45, 2.75) is 4.21 Å². The van der Waals surface area contributed by atoms with Gasteiger partial charge in [0.25, 0.3) is 10.0 Å². The Bertz CT molecular complexity index is 1120. The second kappa shape index (κ2) is 7.88. The van der Waals surface area contributed by atoms with Crippen LogP contribution in [0.25, 0.3) is 0 Å². The first-order valence-electron chi connectivity index (χ1n) is 6.95. The summed E-state index contributed by atoms with van der Waals surface area (Å²) in [6.07, 6.45) is 2.61. The van der Waals surface area contributed by atoms with E-state index < -0.39 is 10.0 Å². The monoisotopic (exact) mass is 460 g/mol. The highest BCUT2D eigenvalue weighted by Gasteiger charge is 2.22. The molecule has 0 aromatic carbocycles. The van der Waals surface area contributed by atoms with E-state index in [1.807, 2.05) is 6.07 Å². The number of nitrogens with one attached hydrogen (secondary N) is 1. The van der Waals surface area contributed by atoms with Crippen LogP contribution in [0.15, 0.2) is 40.9 Å². The number of pyridine rings is 2. The fraction of sp³-hybridized carbons (Fsp3) is 0. The number of rotatable bonds is 5. The first-order chi connectivity index (χ1) is 12.8. The molecule has 0 aliphatic heterocycles. The molecule has 0 radical (unpaired) electrons. The Balaban J connectivity index is 1.93. The first kappa shape index (κ1) is 19.7. The second-order valence-electron chi connectivity index (χ2n) is 4.89. The maximum Gasteiger partial charge on any atom is 0.271 e. The minimum absolute atomic E-state index is 0.00695. The van der Waals surface area contributed by atoms with Crippen molar-refractivity contribution in [2.24, 2.45) is 0 Å². The third kappa shape index (κ3) is 4.61. The molecule has 0 fully saturated rings. The molecule has 3 heterocycles. The van der Waals surface area contributed by atoms with Gasteiger partial charge in [0.1, 0.15) is 31.7 Å². The van der Waals surface area contributed by atoms with Gasteiger partial charge in [-0.3, -0.25) is 4.72 Å². The van der Waals surface area contributed by atoms with E-state index in [2.05, 4.69) is 14.7 Å². The van der Waals surface area contributed by atoms with Crippen molar-refractivity contribution < 1.29 is 13.2 Å². The summed E-state index contributed by atoms with van der Waals surface area (Å²) in [5.74, 6) is 0.203. The van der Waals surface area contributed by atoms with Crippen LogP contribution < -0.4 is 9.46 Å². The Morgan fingerprint density at radius 1 is 1.15 bits per heavy atom. The Labute approximate surface area is 173 Å². The van der Waals surface area contributed by atoms with Gasteiger partial charge in [-0.25, -0.2) is 18.4 Å². The summed E-state index contributed by atoms with van der Waals surface area (Å²) in [6.45, 7) is 0. The molecule has 7 nitrogen and oxygen atoms in total. The molecule has 0 saturated heterocycles. The number of sulfonamides is 1. The SMILES string of the molecule is N#Cc1ccc(Oc2ncc(Cl)cc2NS(=O)(=O)c2cc(Cl)c(Cl)s2)cn1. The summed E-state index contributed by atoms with van der Waals surface area (Å²) in [4.78, 5) is 7.86. The molecule has 0 aliphatic rings. The molecule has 3 aromatic heterocycles. The van der Waals surface area contributed by atoms with Crippen LogP contribution in [-0.2, 0) is 10.0 Å².